The summed E-state index contributed by atoms with van der Waals surface area (Å²) in [6.07, 6.45) is -0.468. The zero-order valence-electron chi connectivity index (χ0n) is 17.2. The summed E-state index contributed by atoms with van der Waals surface area (Å²) in [5, 5.41) is 42.9. The number of thioether (sulfide) groups is 1. The summed E-state index contributed by atoms with van der Waals surface area (Å²) in [6.45, 7) is 0.811. The smallest absolute Gasteiger partial charge is 0.167 e. The number of carboxylic acids is 1. The van der Waals surface area contributed by atoms with Crippen LogP contribution in [0, 0.1) is 0 Å². The molecule has 15 heteroatoms. The molecule has 14 nitrogen and oxygen atoms in total. The van der Waals surface area contributed by atoms with Crippen LogP contribution in [-0.4, -0.2) is 91.1 Å². The van der Waals surface area contributed by atoms with Gasteiger partial charge in [-0.1, -0.05) is 0 Å². The second-order valence-corrected chi connectivity index (χ2v) is 8.00. The first-order chi connectivity index (χ1) is 15.3. The predicted molar refractivity (Wildman–Crippen MR) is 107 cm³/mol. The molecule has 0 unspecified atom stereocenters. The summed E-state index contributed by atoms with van der Waals surface area (Å²) in [6, 6.07) is -0.779. The number of carbonyl (C=O) groups is 2. The van der Waals surface area contributed by atoms with E-state index in [1.165, 1.54) is 24.4 Å². The summed E-state index contributed by atoms with van der Waals surface area (Å²) >= 11 is 1.42. The fraction of sp³-hybridized carbons (Fsp3) is 0.588. The maximum absolute atomic E-state index is 10.7. The molecular formula is C17H27N7O7S. The first-order valence-electron chi connectivity index (χ1n) is 9.75. The number of carboxylic acid groups (broad SMARTS) is 2. The Hall–Kier alpha value is -2.56. The highest BCUT2D eigenvalue weighted by atomic mass is 32.2. The Labute approximate surface area is 187 Å². The molecule has 0 spiro atoms. The number of rotatable bonds is 10. The maximum Gasteiger partial charge on any atom is 0.167 e. The number of aromatic nitrogens is 4. The van der Waals surface area contributed by atoms with Crippen molar-refractivity contribution in [2.24, 2.45) is 0 Å². The fourth-order valence-electron chi connectivity index (χ4n) is 3.01. The average molecular weight is 474 g/mol. The van der Waals surface area contributed by atoms with Gasteiger partial charge < -0.3 is 51.5 Å². The number of hydrogen-bond donors (Lipinski definition) is 5. The summed E-state index contributed by atoms with van der Waals surface area (Å²) < 4.78 is 7.46. The van der Waals surface area contributed by atoms with Gasteiger partial charge in [0.05, 0.1) is 31.5 Å². The van der Waals surface area contributed by atoms with Gasteiger partial charge in [-0.2, -0.15) is 11.8 Å². The van der Waals surface area contributed by atoms with E-state index in [-0.39, 0.29) is 0 Å². The van der Waals surface area contributed by atoms with Gasteiger partial charge in [-0.3, -0.25) is 4.57 Å². The number of carbonyl (C=O) groups excluding carboxylic acids is 2. The van der Waals surface area contributed by atoms with Crippen LogP contribution >= 0.6 is 11.8 Å². The summed E-state index contributed by atoms with van der Waals surface area (Å²) in [5.41, 5.74) is 8.29. The summed E-state index contributed by atoms with van der Waals surface area (Å²) in [5.74, 6) is 0.300. The Morgan fingerprint density at radius 1 is 1.38 bits per heavy atom. The van der Waals surface area contributed by atoms with Crippen LogP contribution in [0.25, 0.3) is 11.2 Å². The molecule has 9 N–H and O–H groups in total. The summed E-state index contributed by atoms with van der Waals surface area (Å²) in [7, 11) is 0. The van der Waals surface area contributed by atoms with E-state index in [2.05, 4.69) is 31.7 Å². The lowest BCUT2D eigenvalue weighted by Crippen LogP contribution is -2.68. The van der Waals surface area contributed by atoms with E-state index in [0.29, 0.717) is 48.0 Å². The van der Waals surface area contributed by atoms with Crippen molar-refractivity contribution < 1.29 is 46.2 Å². The lowest BCUT2D eigenvalue weighted by molar-refractivity contribution is -0.437. The van der Waals surface area contributed by atoms with Gasteiger partial charge in [0.25, 0.3) is 0 Å². The molecule has 1 fully saturated rings. The van der Waals surface area contributed by atoms with Crippen molar-refractivity contribution in [2.75, 3.05) is 29.9 Å². The molecule has 3 rings (SSSR count). The first-order valence-corrected chi connectivity index (χ1v) is 10.9. The molecule has 1 aliphatic heterocycles. The number of quaternary nitrogens is 2. The Bertz CT molecular complexity index is 886. The highest BCUT2D eigenvalue weighted by Gasteiger charge is 2.44. The van der Waals surface area contributed by atoms with Crippen LogP contribution in [0.5, 0.6) is 0 Å². The molecule has 2 aromatic heterocycles. The van der Waals surface area contributed by atoms with E-state index >= 15 is 0 Å². The van der Waals surface area contributed by atoms with Crippen LogP contribution < -0.4 is 27.0 Å². The van der Waals surface area contributed by atoms with Gasteiger partial charge in [0, 0.05) is 18.6 Å². The van der Waals surface area contributed by atoms with Gasteiger partial charge in [-0.05, 0) is 5.75 Å². The molecule has 3 heterocycles. The monoisotopic (exact) mass is 473 g/mol. The van der Waals surface area contributed by atoms with Crippen LogP contribution in [0.3, 0.4) is 0 Å². The first kappa shape index (κ1) is 25.7. The van der Waals surface area contributed by atoms with Crippen molar-refractivity contribution in [3.63, 3.8) is 0 Å². The van der Waals surface area contributed by atoms with Crippen molar-refractivity contribution in [1.82, 2.24) is 19.5 Å². The number of aliphatic hydroxyl groups is 2. The molecule has 0 aromatic carbocycles. The topological polar surface area (TPSA) is 241 Å². The average Bonchev–Trinajstić information content (AvgIpc) is 3.32. The van der Waals surface area contributed by atoms with E-state index in [1.807, 2.05) is 0 Å². The zero-order chi connectivity index (χ0) is 23.7. The molecule has 178 valence electrons. The number of anilines is 1. The van der Waals surface area contributed by atoms with Gasteiger partial charge in [-0.25, -0.2) is 15.0 Å². The number of nitrogens with zero attached hydrogens (tertiary/aromatic N) is 4. The van der Waals surface area contributed by atoms with E-state index in [0.717, 1.165) is 0 Å². The van der Waals surface area contributed by atoms with Crippen LogP contribution in [-0.2, 0) is 14.3 Å². The minimum absolute atomic E-state index is 0.355. The van der Waals surface area contributed by atoms with Crippen molar-refractivity contribution in [3.05, 3.63) is 12.7 Å². The van der Waals surface area contributed by atoms with E-state index < -0.39 is 43.0 Å². The molecule has 32 heavy (non-hydrogen) atoms. The minimum Gasteiger partial charge on any atom is -0.554 e. The van der Waals surface area contributed by atoms with Crippen LogP contribution in [0.15, 0.2) is 12.7 Å². The number of aliphatic carboxylic acids is 1. The van der Waals surface area contributed by atoms with Crippen LogP contribution in [0.1, 0.15) is 12.6 Å². The quantitative estimate of drug-likeness (QED) is 0.160. The lowest BCUT2D eigenvalue weighted by Gasteiger charge is -2.16. The number of ether oxygens (including phenoxy) is 1. The maximum atomic E-state index is 10.7. The third-order valence-corrected chi connectivity index (χ3v) is 5.75. The number of aliphatic hydroxyl groups excluding tert-OH is 2. The predicted octanol–water partition coefficient (Wildman–Crippen LogP) is -6.05. The van der Waals surface area contributed by atoms with Crippen LogP contribution in [0.4, 0.5) is 5.82 Å². The van der Waals surface area contributed by atoms with Crippen molar-refractivity contribution in [3.8, 4) is 0 Å². The Morgan fingerprint density at radius 2 is 2.09 bits per heavy atom. The summed E-state index contributed by atoms with van der Waals surface area (Å²) in [4.78, 5) is 31.7. The highest BCUT2D eigenvalue weighted by Crippen LogP contribution is 2.33. The number of fused-ring (bicyclic) bond motifs is 1. The SMILES string of the molecule is O=C[O-].[NH3+]CCNc1ncnc2c1ncn2[C@@H]1O[C@H](CSCC[C@H]([NH3+])C(=O)[O-])[C@@H](O)[C@H]1O. The molecule has 0 bridgehead atoms. The van der Waals surface area contributed by atoms with Gasteiger partial charge >= 0.3 is 0 Å². The largest absolute Gasteiger partial charge is 0.554 e. The molecule has 0 amide bonds. The number of nitrogens with one attached hydrogen (secondary N) is 1. The van der Waals surface area contributed by atoms with Gasteiger partial charge in [0.1, 0.15) is 24.6 Å². The molecule has 0 aliphatic carbocycles. The van der Waals surface area contributed by atoms with Crippen molar-refractivity contribution in [1.29, 1.82) is 0 Å². The van der Waals surface area contributed by atoms with Crippen molar-refractivity contribution in [2.45, 2.75) is 37.0 Å². The highest BCUT2D eigenvalue weighted by molar-refractivity contribution is 7.99. The van der Waals surface area contributed by atoms with Gasteiger partial charge in [-0.15, -0.1) is 0 Å². The molecule has 1 aliphatic rings. The molecular weight excluding hydrogens is 446 g/mol. The van der Waals surface area contributed by atoms with E-state index in [9.17, 15) is 20.1 Å². The molecule has 1 saturated heterocycles. The lowest BCUT2D eigenvalue weighted by atomic mass is 10.1. The van der Waals surface area contributed by atoms with Crippen molar-refractivity contribution >= 4 is 41.2 Å². The molecule has 5 atom stereocenters. The third kappa shape index (κ3) is 6.24. The van der Waals surface area contributed by atoms with Gasteiger partial charge in [0.15, 0.2) is 23.2 Å². The second-order valence-electron chi connectivity index (χ2n) is 6.85. The number of hydrogen-bond acceptors (Lipinski definition) is 12. The van der Waals surface area contributed by atoms with E-state index in [4.69, 9.17) is 14.6 Å². The zero-order valence-corrected chi connectivity index (χ0v) is 18.0. The van der Waals surface area contributed by atoms with Crippen LogP contribution in [0.2, 0.25) is 0 Å². The third-order valence-electron chi connectivity index (χ3n) is 4.67. The minimum atomic E-state index is -1.18. The normalized spacial score (nSPS) is 23.4. The fourth-order valence-corrected chi connectivity index (χ4v) is 4.14. The molecule has 2 aromatic rings. The van der Waals surface area contributed by atoms with Gasteiger partial charge in [0.2, 0.25) is 0 Å². The second kappa shape index (κ2) is 12.5. The molecule has 0 radical (unpaired) electrons. The Morgan fingerprint density at radius 3 is 2.75 bits per heavy atom. The Balaban J connectivity index is 0.00000114. The Kier molecular flexibility index (Phi) is 10.0. The number of imidazole rings is 1. The van der Waals surface area contributed by atoms with E-state index in [1.54, 1.807) is 4.57 Å². The standard InChI is InChI=1S/C16H25N7O5S.CH2O2/c17-2-3-19-13-10-14(21-6-20-13)23(7-22-10)15-12(25)11(24)9(28-15)5-29-4-1-8(18)16(26)27;2-1-3/h6-9,11-12,15,24-25H,1-5,17-18H2,(H,26,27)(H,19,20,21);1H,(H,2,3)/t8-,9+,11+,12+,15+;/m0./s1. The molecule has 0 saturated carbocycles.